The fourth-order valence-electron chi connectivity index (χ4n) is 2.45. The summed E-state index contributed by atoms with van der Waals surface area (Å²) in [6.45, 7) is 6.57. The number of sulfonamides is 1. The summed E-state index contributed by atoms with van der Waals surface area (Å²) >= 11 is 0. The summed E-state index contributed by atoms with van der Waals surface area (Å²) in [7, 11) is -3.59. The summed E-state index contributed by atoms with van der Waals surface area (Å²) in [6.07, 6.45) is 0.621. The molecule has 0 aliphatic carbocycles. The summed E-state index contributed by atoms with van der Waals surface area (Å²) < 4.78 is 27.3. The number of carbonyl (C=O) groups excluding carboxylic acids is 1. The average molecular weight is 325 g/mol. The Kier molecular flexibility index (Phi) is 4.49. The molecule has 1 aliphatic heterocycles. The Morgan fingerprint density at radius 2 is 1.86 bits per heavy atom. The smallest absolute Gasteiger partial charge is 0.240 e. The van der Waals surface area contributed by atoms with Crippen LogP contribution in [0.3, 0.4) is 0 Å². The first-order valence-electron chi connectivity index (χ1n) is 7.27. The molecule has 7 heteroatoms. The lowest BCUT2D eigenvalue weighted by Gasteiger charge is -2.25. The van der Waals surface area contributed by atoms with E-state index in [2.05, 4.69) is 4.72 Å². The first-order chi connectivity index (χ1) is 10.1. The molecule has 6 nitrogen and oxygen atoms in total. The van der Waals surface area contributed by atoms with Gasteiger partial charge >= 0.3 is 0 Å². The molecule has 3 N–H and O–H groups in total. The van der Waals surface area contributed by atoms with Crippen molar-refractivity contribution in [3.63, 3.8) is 0 Å². The number of amides is 1. The fraction of sp³-hybridized carbons (Fsp3) is 0.533. The van der Waals surface area contributed by atoms with E-state index in [9.17, 15) is 13.2 Å². The van der Waals surface area contributed by atoms with Crippen molar-refractivity contribution >= 4 is 21.6 Å². The molecule has 0 aromatic heterocycles. The molecule has 1 saturated heterocycles. The number of anilines is 1. The van der Waals surface area contributed by atoms with E-state index in [-0.39, 0.29) is 16.8 Å². The third-order valence-corrected chi connectivity index (χ3v) is 5.17. The van der Waals surface area contributed by atoms with Crippen LogP contribution in [0.4, 0.5) is 5.69 Å². The maximum absolute atomic E-state index is 12.3. The highest BCUT2D eigenvalue weighted by atomic mass is 32.2. The lowest BCUT2D eigenvalue weighted by Crippen LogP contribution is -2.41. The number of rotatable bonds is 3. The standard InChI is InChI=1S/C15H23N3O3S/c1-15(2,3)14(19)18-9-8-12(10-18)17-22(20,21)13-6-4-11(16)5-7-13/h4-7,12,17H,8-10,16H2,1-3H3. The number of nitrogens with one attached hydrogen (secondary N) is 1. The van der Waals surface area contributed by atoms with Crippen LogP contribution in [0.5, 0.6) is 0 Å². The van der Waals surface area contributed by atoms with E-state index >= 15 is 0 Å². The van der Waals surface area contributed by atoms with Crippen LogP contribution < -0.4 is 10.5 Å². The third kappa shape index (κ3) is 3.78. The molecule has 1 heterocycles. The van der Waals surface area contributed by atoms with E-state index in [0.717, 1.165) is 0 Å². The van der Waals surface area contributed by atoms with Gasteiger partial charge in [-0.25, -0.2) is 13.1 Å². The Balaban J connectivity index is 2.03. The summed E-state index contributed by atoms with van der Waals surface area (Å²) in [5, 5.41) is 0. The largest absolute Gasteiger partial charge is 0.399 e. The topological polar surface area (TPSA) is 92.5 Å². The van der Waals surface area contributed by atoms with Gasteiger partial charge in [0.1, 0.15) is 0 Å². The normalized spacial score (nSPS) is 19.4. The summed E-state index contributed by atoms with van der Waals surface area (Å²) in [5.41, 5.74) is 5.63. The number of carbonyl (C=O) groups is 1. The maximum Gasteiger partial charge on any atom is 0.240 e. The summed E-state index contributed by atoms with van der Waals surface area (Å²) in [6, 6.07) is 5.81. The van der Waals surface area contributed by atoms with Crippen molar-refractivity contribution in [1.82, 2.24) is 9.62 Å². The number of benzene rings is 1. The predicted octanol–water partition coefficient (Wildman–Crippen LogP) is 1.19. The van der Waals surface area contributed by atoms with E-state index in [0.29, 0.717) is 25.2 Å². The predicted molar refractivity (Wildman–Crippen MR) is 85.6 cm³/mol. The minimum atomic E-state index is -3.59. The van der Waals surface area contributed by atoms with Gasteiger partial charge in [-0.15, -0.1) is 0 Å². The zero-order valence-corrected chi connectivity index (χ0v) is 14.0. The van der Waals surface area contributed by atoms with Gasteiger partial charge < -0.3 is 10.6 Å². The van der Waals surface area contributed by atoms with Gasteiger partial charge in [0, 0.05) is 30.2 Å². The van der Waals surface area contributed by atoms with Crippen molar-refractivity contribution < 1.29 is 13.2 Å². The first-order valence-corrected chi connectivity index (χ1v) is 8.75. The number of nitrogen functional groups attached to an aromatic ring is 1. The lowest BCUT2D eigenvalue weighted by molar-refractivity contribution is -0.138. The van der Waals surface area contributed by atoms with Gasteiger partial charge in [0.25, 0.3) is 0 Å². The Bertz CT molecular complexity index is 648. The SMILES string of the molecule is CC(C)(C)C(=O)N1CCC(NS(=O)(=O)c2ccc(N)cc2)C1. The van der Waals surface area contributed by atoms with Gasteiger partial charge in [-0.1, -0.05) is 20.8 Å². The van der Waals surface area contributed by atoms with Crippen molar-refractivity contribution in [2.45, 2.75) is 38.1 Å². The van der Waals surface area contributed by atoms with Gasteiger partial charge in [0.15, 0.2) is 0 Å². The van der Waals surface area contributed by atoms with Crippen LogP contribution in [0, 0.1) is 5.41 Å². The molecule has 0 saturated carbocycles. The molecule has 122 valence electrons. The monoisotopic (exact) mass is 325 g/mol. The molecule has 1 aromatic rings. The van der Waals surface area contributed by atoms with Crippen LogP contribution in [-0.4, -0.2) is 38.4 Å². The minimum Gasteiger partial charge on any atom is -0.399 e. The molecule has 1 aliphatic rings. The zero-order valence-electron chi connectivity index (χ0n) is 13.2. The van der Waals surface area contributed by atoms with Crippen LogP contribution in [0.2, 0.25) is 0 Å². The number of hydrogen-bond donors (Lipinski definition) is 2. The van der Waals surface area contributed by atoms with E-state index in [1.165, 1.54) is 12.1 Å². The number of hydrogen-bond acceptors (Lipinski definition) is 4. The van der Waals surface area contributed by atoms with E-state index in [1.54, 1.807) is 17.0 Å². The van der Waals surface area contributed by atoms with E-state index < -0.39 is 15.4 Å². The Labute approximate surface area is 131 Å². The van der Waals surface area contributed by atoms with Crippen molar-refractivity contribution in [2.24, 2.45) is 5.41 Å². The molecule has 1 amide bonds. The lowest BCUT2D eigenvalue weighted by atomic mass is 9.95. The van der Waals surface area contributed by atoms with Crippen molar-refractivity contribution in [3.8, 4) is 0 Å². The highest BCUT2D eigenvalue weighted by molar-refractivity contribution is 7.89. The molecule has 22 heavy (non-hydrogen) atoms. The highest BCUT2D eigenvalue weighted by Crippen LogP contribution is 2.22. The second-order valence-corrected chi connectivity index (χ2v) is 8.39. The summed E-state index contributed by atoms with van der Waals surface area (Å²) in [4.78, 5) is 14.1. The number of nitrogens with zero attached hydrogens (tertiary/aromatic N) is 1. The molecule has 1 unspecified atom stereocenters. The van der Waals surface area contributed by atoms with Gasteiger partial charge in [-0.05, 0) is 30.7 Å². The molecule has 2 rings (SSSR count). The quantitative estimate of drug-likeness (QED) is 0.817. The van der Waals surface area contributed by atoms with Gasteiger partial charge in [0.2, 0.25) is 15.9 Å². The number of likely N-dealkylation sites (tertiary alicyclic amines) is 1. The minimum absolute atomic E-state index is 0.0432. The van der Waals surface area contributed by atoms with Crippen molar-refractivity contribution in [1.29, 1.82) is 0 Å². The molecular weight excluding hydrogens is 302 g/mol. The van der Waals surface area contributed by atoms with Crippen LogP contribution >= 0.6 is 0 Å². The van der Waals surface area contributed by atoms with E-state index in [4.69, 9.17) is 5.73 Å². The molecule has 1 aromatic carbocycles. The molecule has 1 atom stereocenters. The van der Waals surface area contributed by atoms with Crippen LogP contribution in [-0.2, 0) is 14.8 Å². The Morgan fingerprint density at radius 1 is 1.27 bits per heavy atom. The Hall–Kier alpha value is -1.60. The average Bonchev–Trinajstić information content (AvgIpc) is 2.84. The van der Waals surface area contributed by atoms with Gasteiger partial charge in [-0.2, -0.15) is 0 Å². The van der Waals surface area contributed by atoms with Crippen LogP contribution in [0.15, 0.2) is 29.2 Å². The van der Waals surface area contributed by atoms with Crippen molar-refractivity contribution in [2.75, 3.05) is 18.8 Å². The molecule has 0 spiro atoms. The van der Waals surface area contributed by atoms with Crippen molar-refractivity contribution in [3.05, 3.63) is 24.3 Å². The van der Waals surface area contributed by atoms with Crippen LogP contribution in [0.1, 0.15) is 27.2 Å². The molecular formula is C15H23N3O3S. The zero-order chi connectivity index (χ0) is 16.5. The molecule has 0 radical (unpaired) electrons. The van der Waals surface area contributed by atoms with Gasteiger partial charge in [0.05, 0.1) is 4.90 Å². The Morgan fingerprint density at radius 3 is 2.41 bits per heavy atom. The second-order valence-electron chi connectivity index (χ2n) is 6.68. The van der Waals surface area contributed by atoms with Crippen LogP contribution in [0.25, 0.3) is 0 Å². The maximum atomic E-state index is 12.3. The van der Waals surface area contributed by atoms with E-state index in [1.807, 2.05) is 20.8 Å². The first kappa shape index (κ1) is 16.8. The van der Waals surface area contributed by atoms with Gasteiger partial charge in [-0.3, -0.25) is 4.79 Å². The molecule has 0 bridgehead atoms. The molecule has 1 fully saturated rings. The second kappa shape index (κ2) is 5.89. The highest BCUT2D eigenvalue weighted by Gasteiger charge is 2.34. The third-order valence-electron chi connectivity index (χ3n) is 3.63. The number of nitrogens with two attached hydrogens (primary N) is 1. The fourth-order valence-corrected chi connectivity index (χ4v) is 3.71. The summed E-state index contributed by atoms with van der Waals surface area (Å²) in [5.74, 6) is 0.0432.